The Hall–Kier alpha value is -2.82. The van der Waals surface area contributed by atoms with Gasteiger partial charge < -0.3 is 15.4 Å². The van der Waals surface area contributed by atoms with Gasteiger partial charge in [-0.25, -0.2) is 0 Å². The Bertz CT molecular complexity index is 665. The lowest BCUT2D eigenvalue weighted by Crippen LogP contribution is -2.28. The number of hydrogen-bond donors (Lipinski definition) is 1. The fraction of sp³-hybridized carbons (Fsp3) is 0.125. The molecule has 0 heterocycles. The smallest absolute Gasteiger partial charge is 0.258 e. The monoisotopic (exact) mass is 284 g/mol. The highest BCUT2D eigenvalue weighted by molar-refractivity contribution is 6.09. The van der Waals surface area contributed by atoms with E-state index in [0.717, 1.165) is 0 Å². The topological polar surface area (TPSA) is 72.6 Å². The number of rotatable bonds is 4. The normalized spacial score (nSPS) is 10.0. The van der Waals surface area contributed by atoms with Crippen LogP contribution >= 0.6 is 0 Å². The molecule has 0 radical (unpaired) electrons. The van der Waals surface area contributed by atoms with E-state index in [1.807, 2.05) is 0 Å². The molecule has 2 N–H and O–H groups in total. The quantitative estimate of drug-likeness (QED) is 0.934. The van der Waals surface area contributed by atoms with Crippen LogP contribution in [0.25, 0.3) is 0 Å². The number of carbonyl (C=O) groups excluding carboxylic acids is 2. The van der Waals surface area contributed by atoms with Gasteiger partial charge in [-0.15, -0.1) is 0 Å². The minimum absolute atomic E-state index is 0.230. The maximum Gasteiger partial charge on any atom is 0.258 e. The van der Waals surface area contributed by atoms with Gasteiger partial charge in [0.25, 0.3) is 11.8 Å². The Morgan fingerprint density at radius 2 is 1.67 bits per heavy atom. The van der Waals surface area contributed by atoms with Gasteiger partial charge in [0.1, 0.15) is 5.75 Å². The van der Waals surface area contributed by atoms with Crippen LogP contribution in [0.5, 0.6) is 5.75 Å². The van der Waals surface area contributed by atoms with Crippen LogP contribution in [0, 0.1) is 0 Å². The first-order chi connectivity index (χ1) is 10.0. The van der Waals surface area contributed by atoms with E-state index in [-0.39, 0.29) is 5.91 Å². The molecule has 0 bridgehead atoms. The molecule has 21 heavy (non-hydrogen) atoms. The predicted molar refractivity (Wildman–Crippen MR) is 80.7 cm³/mol. The molecular formula is C16H16N2O3. The van der Waals surface area contributed by atoms with Gasteiger partial charge in [-0.05, 0) is 36.4 Å². The molecule has 2 rings (SSSR count). The van der Waals surface area contributed by atoms with E-state index in [9.17, 15) is 9.59 Å². The van der Waals surface area contributed by atoms with Crippen LogP contribution in [0.3, 0.4) is 0 Å². The van der Waals surface area contributed by atoms with Gasteiger partial charge in [0.2, 0.25) is 0 Å². The number of amides is 2. The third kappa shape index (κ3) is 3.02. The third-order valence-corrected chi connectivity index (χ3v) is 3.17. The van der Waals surface area contributed by atoms with Gasteiger partial charge in [-0.1, -0.05) is 12.1 Å². The van der Waals surface area contributed by atoms with Gasteiger partial charge in [-0.2, -0.15) is 0 Å². The molecule has 0 aliphatic rings. The molecule has 0 atom stereocenters. The van der Waals surface area contributed by atoms with Crippen LogP contribution < -0.4 is 15.4 Å². The number of primary amides is 1. The maximum absolute atomic E-state index is 12.5. The summed E-state index contributed by atoms with van der Waals surface area (Å²) >= 11 is 0. The average Bonchev–Trinajstić information content (AvgIpc) is 2.53. The number of hydrogen-bond acceptors (Lipinski definition) is 3. The molecule has 0 aromatic heterocycles. The van der Waals surface area contributed by atoms with Crippen molar-refractivity contribution in [2.24, 2.45) is 5.73 Å². The molecular weight excluding hydrogens is 268 g/mol. The van der Waals surface area contributed by atoms with Crippen molar-refractivity contribution in [2.75, 3.05) is 19.1 Å². The summed E-state index contributed by atoms with van der Waals surface area (Å²) in [6.45, 7) is 0. The van der Waals surface area contributed by atoms with E-state index in [4.69, 9.17) is 10.5 Å². The highest BCUT2D eigenvalue weighted by Gasteiger charge is 2.18. The van der Waals surface area contributed by atoms with E-state index >= 15 is 0 Å². The summed E-state index contributed by atoms with van der Waals surface area (Å²) in [6, 6.07) is 13.5. The molecule has 0 spiro atoms. The average molecular weight is 284 g/mol. The van der Waals surface area contributed by atoms with E-state index in [0.29, 0.717) is 22.6 Å². The van der Waals surface area contributed by atoms with Crippen molar-refractivity contribution >= 4 is 17.5 Å². The van der Waals surface area contributed by atoms with Crippen LogP contribution in [0.4, 0.5) is 5.69 Å². The van der Waals surface area contributed by atoms with E-state index in [2.05, 4.69) is 0 Å². The second-order valence-electron chi connectivity index (χ2n) is 4.47. The predicted octanol–water partition coefficient (Wildman–Crippen LogP) is 2.07. The molecule has 0 unspecified atom stereocenters. The zero-order valence-electron chi connectivity index (χ0n) is 11.9. The number of para-hydroxylation sites is 1. The van der Waals surface area contributed by atoms with Crippen molar-refractivity contribution < 1.29 is 14.3 Å². The molecule has 0 aliphatic heterocycles. The first kappa shape index (κ1) is 14.6. The molecule has 0 saturated carbocycles. The Balaban J connectivity index is 2.32. The summed E-state index contributed by atoms with van der Waals surface area (Å²) in [5.41, 5.74) is 6.62. The molecule has 5 heteroatoms. The van der Waals surface area contributed by atoms with Crippen LogP contribution in [0.15, 0.2) is 48.5 Å². The highest BCUT2D eigenvalue weighted by atomic mass is 16.5. The standard InChI is InChI=1S/C16H16N2O3/c1-18(14-6-4-3-5-13(14)15(17)19)16(20)11-7-9-12(21-2)10-8-11/h3-10H,1-2H3,(H2,17,19). The summed E-state index contributed by atoms with van der Waals surface area (Å²) < 4.78 is 5.06. The Morgan fingerprint density at radius 3 is 2.24 bits per heavy atom. The van der Waals surface area contributed by atoms with E-state index < -0.39 is 5.91 Å². The Morgan fingerprint density at radius 1 is 1.05 bits per heavy atom. The van der Waals surface area contributed by atoms with Crippen molar-refractivity contribution in [3.63, 3.8) is 0 Å². The molecule has 2 aromatic carbocycles. The molecule has 0 fully saturated rings. The lowest BCUT2D eigenvalue weighted by Gasteiger charge is -2.19. The van der Waals surface area contributed by atoms with Gasteiger partial charge in [0.05, 0.1) is 18.4 Å². The SMILES string of the molecule is COc1ccc(C(=O)N(C)c2ccccc2C(N)=O)cc1. The van der Waals surface area contributed by atoms with Crippen molar-refractivity contribution in [3.8, 4) is 5.75 Å². The summed E-state index contributed by atoms with van der Waals surface area (Å²) in [4.78, 5) is 25.3. The molecule has 5 nitrogen and oxygen atoms in total. The Labute approximate surface area is 122 Å². The fourth-order valence-electron chi connectivity index (χ4n) is 2.01. The van der Waals surface area contributed by atoms with Crippen molar-refractivity contribution in [3.05, 3.63) is 59.7 Å². The first-order valence-electron chi connectivity index (χ1n) is 6.35. The largest absolute Gasteiger partial charge is 0.497 e. The van der Waals surface area contributed by atoms with Gasteiger partial charge in [0, 0.05) is 12.6 Å². The van der Waals surface area contributed by atoms with Crippen molar-refractivity contribution in [2.45, 2.75) is 0 Å². The lowest BCUT2D eigenvalue weighted by molar-refractivity contribution is 0.0992. The summed E-state index contributed by atoms with van der Waals surface area (Å²) in [6.07, 6.45) is 0. The molecule has 0 saturated heterocycles. The van der Waals surface area contributed by atoms with Crippen LogP contribution in [0.2, 0.25) is 0 Å². The zero-order valence-corrected chi connectivity index (χ0v) is 11.9. The second-order valence-corrected chi connectivity index (χ2v) is 4.47. The molecule has 108 valence electrons. The summed E-state index contributed by atoms with van der Waals surface area (Å²) in [5.74, 6) is -0.127. The van der Waals surface area contributed by atoms with Crippen LogP contribution in [-0.2, 0) is 0 Å². The fourth-order valence-corrected chi connectivity index (χ4v) is 2.01. The number of methoxy groups -OCH3 is 1. The zero-order chi connectivity index (χ0) is 15.4. The van der Waals surface area contributed by atoms with Crippen molar-refractivity contribution in [1.82, 2.24) is 0 Å². The number of benzene rings is 2. The Kier molecular flexibility index (Phi) is 4.23. The van der Waals surface area contributed by atoms with Gasteiger partial charge in [-0.3, -0.25) is 9.59 Å². The minimum Gasteiger partial charge on any atom is -0.497 e. The number of ether oxygens (including phenoxy) is 1. The number of carbonyl (C=O) groups is 2. The maximum atomic E-state index is 12.5. The highest BCUT2D eigenvalue weighted by Crippen LogP contribution is 2.21. The number of nitrogens with zero attached hydrogens (tertiary/aromatic N) is 1. The number of anilines is 1. The minimum atomic E-state index is -0.569. The second kappa shape index (κ2) is 6.09. The summed E-state index contributed by atoms with van der Waals surface area (Å²) in [5, 5.41) is 0. The van der Waals surface area contributed by atoms with Gasteiger partial charge >= 0.3 is 0 Å². The van der Waals surface area contributed by atoms with Crippen molar-refractivity contribution in [1.29, 1.82) is 0 Å². The molecule has 0 aliphatic carbocycles. The van der Waals surface area contributed by atoms with E-state index in [1.54, 1.807) is 62.7 Å². The first-order valence-corrected chi connectivity index (χ1v) is 6.35. The molecule has 2 amide bonds. The van der Waals surface area contributed by atoms with E-state index in [1.165, 1.54) is 4.90 Å². The van der Waals surface area contributed by atoms with Crippen LogP contribution in [0.1, 0.15) is 20.7 Å². The number of nitrogens with two attached hydrogens (primary N) is 1. The third-order valence-electron chi connectivity index (χ3n) is 3.17. The summed E-state index contributed by atoms with van der Waals surface area (Å²) in [7, 11) is 3.17. The lowest BCUT2D eigenvalue weighted by atomic mass is 10.1. The van der Waals surface area contributed by atoms with Gasteiger partial charge in [0.15, 0.2) is 0 Å². The van der Waals surface area contributed by atoms with Crippen LogP contribution in [-0.4, -0.2) is 26.0 Å². The molecule has 2 aromatic rings.